The fourth-order valence-electron chi connectivity index (χ4n) is 5.85. The molecule has 1 atom stereocenters. The van der Waals surface area contributed by atoms with Crippen molar-refractivity contribution in [3.8, 4) is 0 Å². The highest BCUT2D eigenvalue weighted by Crippen LogP contribution is 2.52. The Kier molecular flexibility index (Phi) is 5.68. The molecule has 3 heteroatoms. The molecule has 1 aliphatic carbocycles. The summed E-state index contributed by atoms with van der Waals surface area (Å²) in [7, 11) is 4.51. The van der Waals surface area contributed by atoms with Crippen LogP contribution in [0.15, 0.2) is 30.3 Å². The Balaban J connectivity index is 1.50. The zero-order chi connectivity index (χ0) is 18.0. The molecule has 0 N–H and O–H groups in total. The maximum absolute atomic E-state index is 5.58. The standard InChI is InChI=1S/C23H36N2O/c1-24(2)21-8-12-23(13-9-21)18-25(16-19-10-14-26-15-11-19)17-22(23)20-6-4-3-5-7-20/h3-7,19,21-22H,8-18H2,1-2H3. The fraction of sp³-hybridized carbons (Fsp3) is 0.739. The molecule has 2 saturated heterocycles. The smallest absolute Gasteiger partial charge is 0.0469 e. The summed E-state index contributed by atoms with van der Waals surface area (Å²) in [6, 6.07) is 12.2. The number of nitrogens with zero attached hydrogens (tertiary/aromatic N) is 2. The molecule has 3 aliphatic rings. The van der Waals surface area contributed by atoms with Crippen molar-refractivity contribution in [3.63, 3.8) is 0 Å². The van der Waals surface area contributed by atoms with Gasteiger partial charge in [0.05, 0.1) is 0 Å². The minimum absolute atomic E-state index is 0.499. The van der Waals surface area contributed by atoms with Gasteiger partial charge in [0, 0.05) is 44.8 Å². The lowest BCUT2D eigenvalue weighted by Gasteiger charge is -2.43. The minimum Gasteiger partial charge on any atom is -0.381 e. The number of hydrogen-bond donors (Lipinski definition) is 0. The number of likely N-dealkylation sites (tertiary alicyclic amines) is 1. The van der Waals surface area contributed by atoms with Crippen molar-refractivity contribution in [2.75, 3.05) is 46.9 Å². The van der Waals surface area contributed by atoms with Gasteiger partial charge in [0.25, 0.3) is 0 Å². The molecule has 0 radical (unpaired) electrons. The van der Waals surface area contributed by atoms with Crippen LogP contribution in [0.3, 0.4) is 0 Å². The normalized spacial score (nSPS) is 34.0. The highest BCUT2D eigenvalue weighted by molar-refractivity contribution is 5.25. The molecule has 0 aromatic heterocycles. The second kappa shape index (κ2) is 8.00. The molecule has 1 unspecified atom stereocenters. The first-order valence-electron chi connectivity index (χ1n) is 10.7. The maximum atomic E-state index is 5.58. The summed E-state index contributed by atoms with van der Waals surface area (Å²) >= 11 is 0. The summed E-state index contributed by atoms with van der Waals surface area (Å²) in [6.45, 7) is 5.79. The van der Waals surface area contributed by atoms with E-state index in [4.69, 9.17) is 4.74 Å². The third-order valence-corrected chi connectivity index (χ3v) is 7.46. The summed E-state index contributed by atoms with van der Waals surface area (Å²) in [5.74, 6) is 1.56. The SMILES string of the molecule is CN(C)C1CCC2(CC1)CN(CC1CCOCC1)CC2c1ccccc1. The molecule has 1 aromatic carbocycles. The van der Waals surface area contributed by atoms with Gasteiger partial charge in [0.15, 0.2) is 0 Å². The second-order valence-electron chi connectivity index (χ2n) is 9.27. The first-order chi connectivity index (χ1) is 12.7. The molecule has 4 rings (SSSR count). The van der Waals surface area contributed by atoms with Crippen LogP contribution in [0.25, 0.3) is 0 Å². The van der Waals surface area contributed by atoms with Gasteiger partial charge in [0.2, 0.25) is 0 Å². The van der Waals surface area contributed by atoms with Crippen molar-refractivity contribution in [1.82, 2.24) is 9.80 Å². The predicted octanol–water partition coefficient (Wildman–Crippen LogP) is 4.00. The van der Waals surface area contributed by atoms with Crippen LogP contribution in [0.4, 0.5) is 0 Å². The van der Waals surface area contributed by atoms with Gasteiger partial charge < -0.3 is 14.5 Å². The molecule has 1 aromatic rings. The molecule has 0 amide bonds. The first kappa shape index (κ1) is 18.5. The van der Waals surface area contributed by atoms with Crippen LogP contribution in [-0.2, 0) is 4.74 Å². The highest BCUT2D eigenvalue weighted by Gasteiger charge is 2.48. The molecule has 3 nitrogen and oxygen atoms in total. The molecule has 1 saturated carbocycles. The Hall–Kier alpha value is -0.900. The van der Waals surface area contributed by atoms with Crippen LogP contribution in [0.1, 0.15) is 50.0 Å². The second-order valence-corrected chi connectivity index (χ2v) is 9.27. The van der Waals surface area contributed by atoms with Crippen molar-refractivity contribution in [2.45, 2.75) is 50.5 Å². The van der Waals surface area contributed by atoms with Gasteiger partial charge in [0.1, 0.15) is 0 Å². The summed E-state index contributed by atoms with van der Waals surface area (Å²) in [4.78, 5) is 5.25. The average molecular weight is 357 g/mol. The monoisotopic (exact) mass is 356 g/mol. The lowest BCUT2D eigenvalue weighted by molar-refractivity contribution is 0.0519. The number of rotatable bonds is 4. The quantitative estimate of drug-likeness (QED) is 0.811. The van der Waals surface area contributed by atoms with E-state index in [1.165, 1.54) is 58.2 Å². The van der Waals surface area contributed by atoms with E-state index >= 15 is 0 Å². The molecule has 0 bridgehead atoms. The van der Waals surface area contributed by atoms with Crippen molar-refractivity contribution in [3.05, 3.63) is 35.9 Å². The summed E-state index contributed by atoms with van der Waals surface area (Å²) in [5, 5.41) is 0. The summed E-state index contributed by atoms with van der Waals surface area (Å²) in [6.07, 6.45) is 8.01. The highest BCUT2D eigenvalue weighted by atomic mass is 16.5. The molecule has 3 fully saturated rings. The van der Waals surface area contributed by atoms with Crippen molar-refractivity contribution >= 4 is 0 Å². The Bertz CT molecular complexity index is 559. The fourth-order valence-corrected chi connectivity index (χ4v) is 5.85. The molecule has 2 heterocycles. The van der Waals surface area contributed by atoms with E-state index in [9.17, 15) is 0 Å². The zero-order valence-corrected chi connectivity index (χ0v) is 16.7. The Morgan fingerprint density at radius 2 is 1.73 bits per heavy atom. The van der Waals surface area contributed by atoms with Gasteiger partial charge >= 0.3 is 0 Å². The molecular weight excluding hydrogens is 320 g/mol. The zero-order valence-electron chi connectivity index (χ0n) is 16.7. The molecule has 144 valence electrons. The Labute approximate surface area is 159 Å². The van der Waals surface area contributed by atoms with E-state index in [-0.39, 0.29) is 0 Å². The third-order valence-electron chi connectivity index (χ3n) is 7.46. The summed E-state index contributed by atoms with van der Waals surface area (Å²) < 4.78 is 5.58. The van der Waals surface area contributed by atoms with Gasteiger partial charge in [-0.25, -0.2) is 0 Å². The van der Waals surface area contributed by atoms with E-state index in [0.29, 0.717) is 11.3 Å². The van der Waals surface area contributed by atoms with E-state index in [0.717, 1.165) is 25.2 Å². The summed E-state index contributed by atoms with van der Waals surface area (Å²) in [5.41, 5.74) is 2.07. The number of benzene rings is 1. The molecular formula is C23H36N2O. The first-order valence-corrected chi connectivity index (χ1v) is 10.7. The van der Waals surface area contributed by atoms with Gasteiger partial charge in [-0.3, -0.25) is 0 Å². The van der Waals surface area contributed by atoms with Gasteiger partial charge in [-0.2, -0.15) is 0 Å². The van der Waals surface area contributed by atoms with Crippen LogP contribution in [0.2, 0.25) is 0 Å². The van der Waals surface area contributed by atoms with Gasteiger partial charge in [-0.15, -0.1) is 0 Å². The van der Waals surface area contributed by atoms with Crippen LogP contribution < -0.4 is 0 Å². The topological polar surface area (TPSA) is 15.7 Å². The van der Waals surface area contributed by atoms with E-state index in [1.54, 1.807) is 5.56 Å². The number of hydrogen-bond acceptors (Lipinski definition) is 3. The van der Waals surface area contributed by atoms with Gasteiger partial charge in [-0.05, 0) is 69.5 Å². The van der Waals surface area contributed by atoms with Crippen LogP contribution in [0.5, 0.6) is 0 Å². The molecule has 1 spiro atoms. The Morgan fingerprint density at radius 3 is 2.38 bits per heavy atom. The molecule has 26 heavy (non-hydrogen) atoms. The van der Waals surface area contributed by atoms with Crippen molar-refractivity contribution in [1.29, 1.82) is 0 Å². The van der Waals surface area contributed by atoms with Crippen LogP contribution in [-0.4, -0.2) is 62.8 Å². The van der Waals surface area contributed by atoms with Crippen LogP contribution in [0, 0.1) is 11.3 Å². The average Bonchev–Trinajstić information content (AvgIpc) is 3.01. The largest absolute Gasteiger partial charge is 0.381 e. The van der Waals surface area contributed by atoms with Gasteiger partial charge in [-0.1, -0.05) is 30.3 Å². The maximum Gasteiger partial charge on any atom is 0.0469 e. The van der Waals surface area contributed by atoms with E-state index in [2.05, 4.69) is 54.2 Å². The van der Waals surface area contributed by atoms with E-state index < -0.39 is 0 Å². The number of ether oxygens (including phenoxy) is 1. The molecule has 2 aliphatic heterocycles. The minimum atomic E-state index is 0.499. The van der Waals surface area contributed by atoms with E-state index in [1.807, 2.05) is 0 Å². The predicted molar refractivity (Wildman–Crippen MR) is 108 cm³/mol. The van der Waals surface area contributed by atoms with Crippen molar-refractivity contribution < 1.29 is 4.74 Å². The van der Waals surface area contributed by atoms with Crippen LogP contribution >= 0.6 is 0 Å². The lowest BCUT2D eigenvalue weighted by atomic mass is 9.64. The lowest BCUT2D eigenvalue weighted by Crippen LogP contribution is -2.41. The van der Waals surface area contributed by atoms with Crippen molar-refractivity contribution in [2.24, 2.45) is 11.3 Å². The Morgan fingerprint density at radius 1 is 1.04 bits per heavy atom. The third kappa shape index (κ3) is 3.85.